The molecule has 1 aliphatic rings. The van der Waals surface area contributed by atoms with E-state index in [1.807, 2.05) is 20.8 Å². The molecule has 1 saturated heterocycles. The number of aliphatic hydroxyl groups is 1. The molecule has 1 N–H and O–H groups in total. The minimum Gasteiger partial charge on any atom is -0.507 e. The number of aliphatic hydroxyl groups excluding tert-OH is 1. The number of methoxy groups -OCH3 is 1. The number of para-hydroxylation sites is 1. The highest BCUT2D eigenvalue weighted by molar-refractivity contribution is 6.52. The molecule has 0 radical (unpaired) electrons. The number of carbonyl (C=O) groups is 2. The van der Waals surface area contributed by atoms with Crippen LogP contribution in [0.2, 0.25) is 5.02 Å². The smallest absolute Gasteiger partial charge is 0.300 e. The Kier molecular flexibility index (Phi) is 7.74. The van der Waals surface area contributed by atoms with Crippen LogP contribution in [0.25, 0.3) is 5.76 Å². The van der Waals surface area contributed by atoms with Gasteiger partial charge in [-0.1, -0.05) is 35.9 Å². The van der Waals surface area contributed by atoms with E-state index in [1.54, 1.807) is 60.7 Å². The summed E-state index contributed by atoms with van der Waals surface area (Å²) in [6.07, 6.45) is 0. The Bertz CT molecular complexity index is 1380. The van der Waals surface area contributed by atoms with E-state index in [1.165, 1.54) is 12.0 Å². The molecule has 192 valence electrons. The van der Waals surface area contributed by atoms with Gasteiger partial charge < -0.3 is 19.3 Å². The van der Waals surface area contributed by atoms with Crippen molar-refractivity contribution in [2.24, 2.45) is 0 Å². The summed E-state index contributed by atoms with van der Waals surface area (Å²) in [7, 11) is 1.51. The average molecular weight is 522 g/mol. The third-order valence-corrected chi connectivity index (χ3v) is 6.54. The Hall–Kier alpha value is -3.97. The number of nitrogens with zero attached hydrogens (tertiary/aromatic N) is 1. The predicted molar refractivity (Wildman–Crippen MR) is 143 cm³/mol. The summed E-state index contributed by atoms with van der Waals surface area (Å²) in [5, 5.41) is 12.0. The summed E-state index contributed by atoms with van der Waals surface area (Å²) < 4.78 is 16.9. The zero-order valence-corrected chi connectivity index (χ0v) is 21.8. The number of carbonyl (C=O) groups excluding carboxylic acids is 2. The molecule has 0 saturated carbocycles. The zero-order valence-electron chi connectivity index (χ0n) is 21.1. The summed E-state index contributed by atoms with van der Waals surface area (Å²) in [5.41, 5.74) is 1.96. The predicted octanol–water partition coefficient (Wildman–Crippen LogP) is 6.08. The number of halogens is 1. The fourth-order valence-electron chi connectivity index (χ4n) is 4.39. The highest BCUT2D eigenvalue weighted by Crippen LogP contribution is 2.46. The molecule has 1 unspecified atom stereocenters. The van der Waals surface area contributed by atoms with Gasteiger partial charge in [-0.2, -0.15) is 0 Å². The van der Waals surface area contributed by atoms with Crippen LogP contribution in [0.1, 0.15) is 36.6 Å². The van der Waals surface area contributed by atoms with Crippen molar-refractivity contribution in [2.75, 3.05) is 25.2 Å². The largest absolute Gasteiger partial charge is 0.507 e. The van der Waals surface area contributed by atoms with Crippen molar-refractivity contribution in [3.05, 3.63) is 87.9 Å². The fraction of sp³-hybridized carbons (Fsp3) is 0.241. The van der Waals surface area contributed by atoms with Crippen LogP contribution in [-0.4, -0.2) is 37.1 Å². The first-order valence-corrected chi connectivity index (χ1v) is 12.3. The maximum absolute atomic E-state index is 13.5. The summed E-state index contributed by atoms with van der Waals surface area (Å²) >= 11 is 6.38. The Morgan fingerprint density at radius 3 is 2.38 bits per heavy atom. The second-order valence-electron chi connectivity index (χ2n) is 8.37. The molecule has 0 spiro atoms. The van der Waals surface area contributed by atoms with Crippen molar-refractivity contribution in [3.8, 4) is 17.2 Å². The number of amides is 1. The lowest BCUT2D eigenvalue weighted by Crippen LogP contribution is -2.29. The van der Waals surface area contributed by atoms with Gasteiger partial charge in [-0.25, -0.2) is 0 Å². The van der Waals surface area contributed by atoms with E-state index >= 15 is 0 Å². The Morgan fingerprint density at radius 1 is 0.973 bits per heavy atom. The first-order valence-electron chi connectivity index (χ1n) is 11.9. The maximum atomic E-state index is 13.5. The van der Waals surface area contributed by atoms with Crippen molar-refractivity contribution in [2.45, 2.75) is 26.8 Å². The van der Waals surface area contributed by atoms with Gasteiger partial charge in [0.1, 0.15) is 23.0 Å². The molecule has 1 amide bonds. The van der Waals surface area contributed by atoms with E-state index < -0.39 is 17.7 Å². The van der Waals surface area contributed by atoms with Gasteiger partial charge in [0.2, 0.25) is 0 Å². The van der Waals surface area contributed by atoms with Crippen LogP contribution in [0.5, 0.6) is 17.2 Å². The molecule has 0 bridgehead atoms. The van der Waals surface area contributed by atoms with Gasteiger partial charge >= 0.3 is 0 Å². The van der Waals surface area contributed by atoms with Crippen LogP contribution in [0.3, 0.4) is 0 Å². The Balaban J connectivity index is 1.99. The van der Waals surface area contributed by atoms with Crippen LogP contribution >= 0.6 is 11.6 Å². The van der Waals surface area contributed by atoms with Crippen LogP contribution in [-0.2, 0) is 9.59 Å². The van der Waals surface area contributed by atoms with Crippen molar-refractivity contribution >= 4 is 34.7 Å². The number of hydrogen-bond acceptors (Lipinski definition) is 6. The standard InChI is InChI=1S/C29H28ClNO6/c1-5-36-19-13-14-21(24(16-19)37-6-2)27(32)25-26(20-9-7-8-10-23(20)35-4)31(29(34)28(25)33)18-12-11-17(3)22(30)15-18/h7-16,26,32H,5-6H2,1-4H3/b27-25+. The van der Waals surface area contributed by atoms with Gasteiger partial charge in [0.15, 0.2) is 0 Å². The van der Waals surface area contributed by atoms with Gasteiger partial charge in [0, 0.05) is 22.3 Å². The molecule has 1 fully saturated rings. The lowest BCUT2D eigenvalue weighted by atomic mass is 9.94. The molecule has 3 aromatic rings. The number of benzene rings is 3. The normalized spacial score (nSPS) is 16.7. The number of rotatable bonds is 8. The summed E-state index contributed by atoms with van der Waals surface area (Å²) in [4.78, 5) is 28.3. The molecule has 3 aromatic carbocycles. The highest BCUT2D eigenvalue weighted by atomic mass is 35.5. The zero-order chi connectivity index (χ0) is 26.7. The Morgan fingerprint density at radius 2 is 1.70 bits per heavy atom. The molecule has 1 atom stereocenters. The van der Waals surface area contributed by atoms with Crippen LogP contribution in [0, 0.1) is 6.92 Å². The number of anilines is 1. The number of ether oxygens (including phenoxy) is 3. The van der Waals surface area contributed by atoms with Gasteiger partial charge in [-0.3, -0.25) is 14.5 Å². The quantitative estimate of drug-likeness (QED) is 0.220. The average Bonchev–Trinajstić information content (AvgIpc) is 3.16. The van der Waals surface area contributed by atoms with Gasteiger partial charge in [0.05, 0.1) is 37.5 Å². The van der Waals surface area contributed by atoms with Gasteiger partial charge in [-0.05, 0) is 56.7 Å². The van der Waals surface area contributed by atoms with Gasteiger partial charge in [-0.15, -0.1) is 0 Å². The Labute approximate surface area is 220 Å². The lowest BCUT2D eigenvalue weighted by molar-refractivity contribution is -0.132. The summed E-state index contributed by atoms with van der Waals surface area (Å²) in [5.74, 6) is -0.641. The van der Waals surface area contributed by atoms with Crippen molar-refractivity contribution in [3.63, 3.8) is 0 Å². The van der Waals surface area contributed by atoms with Crippen LogP contribution < -0.4 is 19.1 Å². The minimum atomic E-state index is -0.976. The summed E-state index contributed by atoms with van der Waals surface area (Å²) in [6, 6.07) is 16.1. The second kappa shape index (κ2) is 11.0. The van der Waals surface area contributed by atoms with Crippen LogP contribution in [0.15, 0.2) is 66.2 Å². The van der Waals surface area contributed by atoms with Gasteiger partial charge in [0.25, 0.3) is 11.7 Å². The topological polar surface area (TPSA) is 85.3 Å². The number of aryl methyl sites for hydroxylation is 1. The van der Waals surface area contributed by atoms with E-state index in [2.05, 4.69) is 0 Å². The molecule has 8 heteroatoms. The molecular weight excluding hydrogens is 494 g/mol. The SMILES string of the molecule is CCOc1ccc(/C(O)=C2\C(=O)C(=O)N(c3ccc(C)c(Cl)c3)C2c2ccccc2OC)c(OCC)c1. The molecule has 4 rings (SSSR count). The molecule has 0 aromatic heterocycles. The lowest BCUT2D eigenvalue weighted by Gasteiger charge is -2.27. The molecule has 37 heavy (non-hydrogen) atoms. The third kappa shape index (κ3) is 4.87. The first kappa shape index (κ1) is 26.1. The van der Waals surface area contributed by atoms with E-state index in [4.69, 9.17) is 25.8 Å². The third-order valence-electron chi connectivity index (χ3n) is 6.13. The molecule has 1 aliphatic heterocycles. The van der Waals surface area contributed by atoms with Crippen molar-refractivity contribution in [1.29, 1.82) is 0 Å². The molecule has 7 nitrogen and oxygen atoms in total. The first-order chi connectivity index (χ1) is 17.8. The van der Waals surface area contributed by atoms with Crippen molar-refractivity contribution in [1.82, 2.24) is 0 Å². The highest BCUT2D eigenvalue weighted by Gasteiger charge is 2.48. The van der Waals surface area contributed by atoms with E-state index in [9.17, 15) is 14.7 Å². The van der Waals surface area contributed by atoms with Crippen molar-refractivity contribution < 1.29 is 28.9 Å². The fourth-order valence-corrected chi connectivity index (χ4v) is 4.57. The molecular formula is C29H28ClNO6. The number of ketones is 1. The maximum Gasteiger partial charge on any atom is 0.300 e. The second-order valence-corrected chi connectivity index (χ2v) is 8.78. The molecule has 0 aliphatic carbocycles. The van der Waals surface area contributed by atoms with E-state index in [0.29, 0.717) is 46.7 Å². The molecule has 1 heterocycles. The van der Waals surface area contributed by atoms with E-state index in [0.717, 1.165) is 5.56 Å². The number of hydrogen-bond donors (Lipinski definition) is 1. The van der Waals surface area contributed by atoms with E-state index in [-0.39, 0.29) is 16.9 Å². The minimum absolute atomic E-state index is 0.0867. The monoisotopic (exact) mass is 521 g/mol. The summed E-state index contributed by atoms with van der Waals surface area (Å²) in [6.45, 7) is 6.29. The van der Waals surface area contributed by atoms with Crippen LogP contribution in [0.4, 0.5) is 5.69 Å². The number of Topliss-reactive ketones (excluding diaryl/α,β-unsaturated/α-hetero) is 1.